The number of nitrogens with one attached hydrogen (secondary N) is 1. The average Bonchev–Trinajstić information content (AvgIpc) is 2.35. The Balaban J connectivity index is 2.83. The summed E-state index contributed by atoms with van der Waals surface area (Å²) < 4.78 is 0. The van der Waals surface area contributed by atoms with Gasteiger partial charge >= 0.3 is 0 Å². The number of nitriles is 1. The molecule has 0 spiro atoms. The first kappa shape index (κ1) is 14.9. The summed E-state index contributed by atoms with van der Waals surface area (Å²) >= 11 is 1.58. The maximum Gasteiger partial charge on any atom is 0.102 e. The van der Waals surface area contributed by atoms with Crippen LogP contribution in [0.1, 0.15) is 25.8 Å². The first-order chi connectivity index (χ1) is 8.54. The second-order valence-corrected chi connectivity index (χ2v) is 5.83. The van der Waals surface area contributed by atoms with Crippen molar-refractivity contribution in [2.24, 2.45) is 5.41 Å². The van der Waals surface area contributed by atoms with E-state index in [0.717, 1.165) is 23.5 Å². The van der Waals surface area contributed by atoms with Gasteiger partial charge in [-0.15, -0.1) is 11.8 Å². The third-order valence-electron chi connectivity index (χ3n) is 2.90. The Morgan fingerprint density at radius 2 is 2.17 bits per heavy atom. The summed E-state index contributed by atoms with van der Waals surface area (Å²) in [5.41, 5.74) is 1.58. The molecule has 98 valence electrons. The third kappa shape index (κ3) is 3.94. The number of aliphatic hydroxyl groups excluding tert-OH is 1. The van der Waals surface area contributed by atoms with E-state index in [1.165, 1.54) is 0 Å². The standard InChI is InChI=1S/C14H20N2OS/c1-14(2,7-8-17)10-16-12-5-4-6-13(18-3)11(12)9-15/h4-6,16-17H,7-8,10H2,1-3H3. The maximum atomic E-state index is 9.22. The lowest BCUT2D eigenvalue weighted by molar-refractivity contribution is 0.220. The molecule has 0 saturated carbocycles. The molecule has 0 saturated heterocycles. The van der Waals surface area contributed by atoms with Crippen molar-refractivity contribution in [1.29, 1.82) is 5.26 Å². The average molecular weight is 264 g/mol. The van der Waals surface area contributed by atoms with Gasteiger partial charge in [0.1, 0.15) is 6.07 Å². The van der Waals surface area contributed by atoms with Gasteiger partial charge < -0.3 is 10.4 Å². The summed E-state index contributed by atoms with van der Waals surface area (Å²) in [5.74, 6) is 0. The lowest BCUT2D eigenvalue weighted by atomic mass is 9.89. The Hall–Kier alpha value is -1.18. The van der Waals surface area contributed by atoms with E-state index in [4.69, 9.17) is 5.11 Å². The van der Waals surface area contributed by atoms with E-state index in [2.05, 4.69) is 25.2 Å². The van der Waals surface area contributed by atoms with Crippen LogP contribution in [-0.2, 0) is 0 Å². The Bertz CT molecular complexity index is 438. The molecule has 0 atom stereocenters. The van der Waals surface area contributed by atoms with E-state index in [9.17, 15) is 5.26 Å². The zero-order valence-electron chi connectivity index (χ0n) is 11.2. The molecule has 0 fully saturated rings. The molecular formula is C14H20N2OS. The molecule has 4 heteroatoms. The molecule has 0 radical (unpaired) electrons. The van der Waals surface area contributed by atoms with Gasteiger partial charge in [-0.3, -0.25) is 0 Å². The van der Waals surface area contributed by atoms with Crippen LogP contribution in [0.5, 0.6) is 0 Å². The molecule has 0 bridgehead atoms. The summed E-state index contributed by atoms with van der Waals surface area (Å²) in [4.78, 5) is 0.988. The van der Waals surface area contributed by atoms with Gasteiger partial charge in [-0.25, -0.2) is 0 Å². The monoisotopic (exact) mass is 264 g/mol. The van der Waals surface area contributed by atoms with Crippen molar-refractivity contribution in [1.82, 2.24) is 0 Å². The topological polar surface area (TPSA) is 56.0 Å². The molecule has 0 aliphatic heterocycles. The predicted molar refractivity (Wildman–Crippen MR) is 76.9 cm³/mol. The number of nitrogens with zero attached hydrogens (tertiary/aromatic N) is 1. The SMILES string of the molecule is CSc1cccc(NCC(C)(C)CCO)c1C#N. The zero-order chi connectivity index (χ0) is 13.6. The second kappa shape index (κ2) is 6.67. The Kier molecular flexibility index (Phi) is 5.52. The van der Waals surface area contributed by atoms with E-state index in [0.29, 0.717) is 5.56 Å². The minimum atomic E-state index is 0.0108. The molecular weight excluding hydrogens is 244 g/mol. The number of hydrogen-bond acceptors (Lipinski definition) is 4. The van der Waals surface area contributed by atoms with E-state index in [-0.39, 0.29) is 12.0 Å². The lowest BCUT2D eigenvalue weighted by Crippen LogP contribution is -2.24. The summed E-state index contributed by atoms with van der Waals surface area (Å²) in [7, 11) is 0. The molecule has 2 N–H and O–H groups in total. The van der Waals surface area contributed by atoms with E-state index < -0.39 is 0 Å². The lowest BCUT2D eigenvalue weighted by Gasteiger charge is -2.25. The number of benzene rings is 1. The first-order valence-corrected chi connectivity index (χ1v) is 7.18. The highest BCUT2D eigenvalue weighted by Crippen LogP contribution is 2.28. The predicted octanol–water partition coefficient (Wildman–Crippen LogP) is 3.10. The van der Waals surface area contributed by atoms with Crippen molar-refractivity contribution in [3.8, 4) is 6.07 Å². The number of hydrogen-bond donors (Lipinski definition) is 2. The molecule has 1 aromatic rings. The van der Waals surface area contributed by atoms with E-state index >= 15 is 0 Å². The highest BCUT2D eigenvalue weighted by molar-refractivity contribution is 7.98. The van der Waals surface area contributed by atoms with Gasteiger partial charge in [-0.2, -0.15) is 5.26 Å². The molecule has 0 aromatic heterocycles. The number of thioether (sulfide) groups is 1. The van der Waals surface area contributed by atoms with Crippen molar-refractivity contribution in [2.45, 2.75) is 25.2 Å². The first-order valence-electron chi connectivity index (χ1n) is 5.96. The van der Waals surface area contributed by atoms with Crippen LogP contribution in [0.25, 0.3) is 0 Å². The van der Waals surface area contributed by atoms with Crippen LogP contribution in [0, 0.1) is 16.7 Å². The minimum Gasteiger partial charge on any atom is -0.396 e. The molecule has 18 heavy (non-hydrogen) atoms. The van der Waals surface area contributed by atoms with Crippen molar-refractivity contribution in [2.75, 3.05) is 24.7 Å². The maximum absolute atomic E-state index is 9.22. The van der Waals surface area contributed by atoms with Crippen LogP contribution < -0.4 is 5.32 Å². The van der Waals surface area contributed by atoms with Crippen molar-refractivity contribution in [3.63, 3.8) is 0 Å². The highest BCUT2D eigenvalue weighted by Gasteiger charge is 2.17. The summed E-state index contributed by atoms with van der Waals surface area (Å²) in [6.45, 7) is 5.12. The number of anilines is 1. The molecule has 0 aliphatic rings. The third-order valence-corrected chi connectivity index (χ3v) is 3.68. The summed E-state index contributed by atoms with van der Waals surface area (Å²) in [5, 5.41) is 21.5. The van der Waals surface area contributed by atoms with Crippen molar-refractivity contribution in [3.05, 3.63) is 23.8 Å². The Labute approximate surface area is 113 Å². The van der Waals surface area contributed by atoms with E-state index in [1.807, 2.05) is 24.5 Å². The highest BCUT2D eigenvalue weighted by atomic mass is 32.2. The van der Waals surface area contributed by atoms with Crippen LogP contribution in [-0.4, -0.2) is 24.5 Å². The molecule has 3 nitrogen and oxygen atoms in total. The number of aliphatic hydroxyl groups is 1. The van der Waals surface area contributed by atoms with E-state index in [1.54, 1.807) is 11.8 Å². The van der Waals surface area contributed by atoms with Crippen LogP contribution in [0.15, 0.2) is 23.1 Å². The fourth-order valence-electron chi connectivity index (χ4n) is 1.69. The fourth-order valence-corrected chi connectivity index (χ4v) is 2.26. The number of rotatable bonds is 6. The van der Waals surface area contributed by atoms with Crippen molar-refractivity contribution >= 4 is 17.4 Å². The van der Waals surface area contributed by atoms with Gasteiger partial charge in [0.2, 0.25) is 0 Å². The largest absolute Gasteiger partial charge is 0.396 e. The zero-order valence-corrected chi connectivity index (χ0v) is 12.0. The van der Waals surface area contributed by atoms with Gasteiger partial charge in [-0.1, -0.05) is 19.9 Å². The van der Waals surface area contributed by atoms with Gasteiger partial charge in [0.05, 0.1) is 11.3 Å². The summed E-state index contributed by atoms with van der Waals surface area (Å²) in [6.07, 6.45) is 2.71. The quantitative estimate of drug-likeness (QED) is 0.775. The smallest absolute Gasteiger partial charge is 0.102 e. The molecule has 0 heterocycles. The van der Waals surface area contributed by atoms with Crippen LogP contribution in [0.4, 0.5) is 5.69 Å². The van der Waals surface area contributed by atoms with Crippen LogP contribution in [0.2, 0.25) is 0 Å². The van der Waals surface area contributed by atoms with Gasteiger partial charge in [-0.05, 0) is 30.2 Å². The van der Waals surface area contributed by atoms with Gasteiger partial charge in [0.25, 0.3) is 0 Å². The molecule has 0 unspecified atom stereocenters. The molecule has 1 aromatic carbocycles. The Morgan fingerprint density at radius 3 is 2.72 bits per heavy atom. The minimum absolute atomic E-state index is 0.0108. The fraction of sp³-hybridized carbons (Fsp3) is 0.500. The molecule has 0 amide bonds. The molecule has 0 aliphatic carbocycles. The van der Waals surface area contributed by atoms with Crippen LogP contribution in [0.3, 0.4) is 0 Å². The molecule has 1 rings (SSSR count). The second-order valence-electron chi connectivity index (χ2n) is 4.99. The van der Waals surface area contributed by atoms with Gasteiger partial charge in [0.15, 0.2) is 0 Å². The van der Waals surface area contributed by atoms with Crippen molar-refractivity contribution < 1.29 is 5.11 Å². The Morgan fingerprint density at radius 1 is 1.44 bits per heavy atom. The normalized spacial score (nSPS) is 11.1. The summed E-state index contributed by atoms with van der Waals surface area (Å²) in [6, 6.07) is 8.08. The van der Waals surface area contributed by atoms with Crippen LogP contribution >= 0.6 is 11.8 Å². The van der Waals surface area contributed by atoms with Gasteiger partial charge in [0, 0.05) is 18.0 Å².